The summed E-state index contributed by atoms with van der Waals surface area (Å²) < 4.78 is 4.88. The molecule has 1 heterocycles. The van der Waals surface area contributed by atoms with Crippen LogP contribution in [0.5, 0.6) is 0 Å². The van der Waals surface area contributed by atoms with E-state index < -0.39 is 12.0 Å². The van der Waals surface area contributed by atoms with Crippen LogP contribution in [0.25, 0.3) is 0 Å². The van der Waals surface area contributed by atoms with E-state index in [1.165, 1.54) is 13.7 Å². The summed E-state index contributed by atoms with van der Waals surface area (Å²) in [6.07, 6.45) is 3.38. The number of methoxy groups -OCH3 is 1. The van der Waals surface area contributed by atoms with Gasteiger partial charge >= 0.3 is 5.97 Å². The number of unbranched alkanes of at least 4 members (excludes halogenated alkanes) is 2. The van der Waals surface area contributed by atoms with E-state index >= 15 is 0 Å². The number of nitrogens with one attached hydrogen (secondary N) is 1. The summed E-state index contributed by atoms with van der Waals surface area (Å²) in [6, 6.07) is 7.95. The van der Waals surface area contributed by atoms with E-state index in [1.807, 2.05) is 6.07 Å². The molecular weight excluding hydrogens is 788 g/mol. The summed E-state index contributed by atoms with van der Waals surface area (Å²) in [6.45, 7) is 9.55. The molecule has 0 radical (unpaired) electrons. The van der Waals surface area contributed by atoms with E-state index in [0.29, 0.717) is 90.0 Å². The van der Waals surface area contributed by atoms with Crippen LogP contribution in [0.15, 0.2) is 30.3 Å². The van der Waals surface area contributed by atoms with Crippen molar-refractivity contribution in [3.05, 3.63) is 42.5 Å². The number of Topliss-reactive ketones (excluding diaryl/α,β-unsaturated/α-hetero) is 1. The van der Waals surface area contributed by atoms with Crippen LogP contribution in [-0.4, -0.2) is 158 Å². The predicted octanol–water partition coefficient (Wildman–Crippen LogP) is 0.798. The number of carbonyl (C=O) groups is 3. The third-order valence-electron chi connectivity index (χ3n) is 8.32. The fraction of sp³-hybridized carbons (Fsp3) is 0.688. The Kier molecular flexibility index (Phi) is 29.6. The molecule has 2 rings (SSSR count). The largest absolute Gasteiger partial charge is 0.467 e. The second-order valence-electron chi connectivity index (χ2n) is 11.6. The molecule has 0 aromatic heterocycles. The van der Waals surface area contributed by atoms with Crippen molar-refractivity contribution in [1.82, 2.24) is 24.9 Å². The average molecular weight is 845 g/mol. The molecule has 17 heteroatoms. The van der Waals surface area contributed by atoms with Gasteiger partial charge in [0.2, 0.25) is 0 Å². The monoisotopic (exact) mass is 845 g/mol. The average Bonchev–Trinajstić information content (AvgIpc) is 3.09. The fourth-order valence-corrected chi connectivity index (χ4v) is 5.39. The summed E-state index contributed by atoms with van der Waals surface area (Å²) in [7, 11) is 1.30. The first-order chi connectivity index (χ1) is 22.9. The zero-order valence-electron chi connectivity index (χ0n) is 28.6. The Morgan fingerprint density at radius 2 is 1.31 bits per heavy atom. The van der Waals surface area contributed by atoms with Gasteiger partial charge in [-0.25, -0.2) is 14.6 Å². The Bertz CT molecular complexity index is 978. The van der Waals surface area contributed by atoms with Gasteiger partial charge in [0.1, 0.15) is 11.8 Å². The second-order valence-corrected chi connectivity index (χ2v) is 11.6. The van der Waals surface area contributed by atoms with Gasteiger partial charge in [0, 0.05) is 130 Å². The topological polar surface area (TPSA) is 207 Å². The Hall–Kier alpha value is -1.29. The minimum absolute atomic E-state index is 0. The third-order valence-corrected chi connectivity index (χ3v) is 8.32. The molecule has 1 aliphatic rings. The van der Waals surface area contributed by atoms with Crippen LogP contribution in [0.4, 0.5) is 0 Å². The quantitative estimate of drug-likeness (QED) is 0.0338. The van der Waals surface area contributed by atoms with Crippen LogP contribution in [-0.2, 0) is 34.5 Å². The van der Waals surface area contributed by atoms with E-state index in [1.54, 1.807) is 24.3 Å². The van der Waals surface area contributed by atoms with E-state index in [0.717, 1.165) is 32.6 Å². The van der Waals surface area contributed by atoms with E-state index in [-0.39, 0.29) is 70.3 Å². The van der Waals surface area contributed by atoms with Crippen molar-refractivity contribution in [3.63, 3.8) is 0 Å². The maximum atomic E-state index is 12.8. The molecule has 1 atom stereocenters. The summed E-state index contributed by atoms with van der Waals surface area (Å²) >= 11 is 0. The molecule has 1 fully saturated rings. The van der Waals surface area contributed by atoms with Gasteiger partial charge < -0.3 is 30.2 Å². The summed E-state index contributed by atoms with van der Waals surface area (Å²) in [5.41, 5.74) is 0.470. The number of ether oxygens (including phenoxy) is 1. The van der Waals surface area contributed by atoms with Gasteiger partial charge in [-0.05, 0) is 25.0 Å². The van der Waals surface area contributed by atoms with Crippen LogP contribution < -0.4 is 5.32 Å². The zero-order chi connectivity index (χ0) is 34.1. The van der Waals surface area contributed by atoms with Crippen molar-refractivity contribution in [2.75, 3.05) is 98.9 Å². The molecule has 1 saturated heterocycles. The Morgan fingerprint density at radius 3 is 1.82 bits per heavy atom. The molecule has 1 amide bonds. The number of esters is 1. The Labute approximate surface area is 321 Å². The molecule has 1 aliphatic heterocycles. The molecule has 0 bridgehead atoms. The van der Waals surface area contributed by atoms with Crippen LogP contribution in [0, 0.1) is 46.5 Å². The first kappa shape index (κ1) is 47.7. The van der Waals surface area contributed by atoms with E-state index in [9.17, 15) is 14.4 Å². The molecule has 49 heavy (non-hydrogen) atoms. The minimum atomic E-state index is -0.750. The molecule has 0 saturated carbocycles. The SMILES string of the molecule is COC(=O)C(CCCCCC(=O)CCN1CCN(C[CH-]OO)CCN(CCOO)CCN(CCOO)CC1)NC(=O)c1ccccc1.[Gd].[OH3+]. The molecule has 16 nitrogen and oxygen atoms in total. The van der Waals surface area contributed by atoms with Crippen molar-refractivity contribution >= 4 is 17.7 Å². The number of hydrogen-bond acceptors (Lipinski definition) is 14. The van der Waals surface area contributed by atoms with Gasteiger partial charge in [-0.15, -0.1) is 6.54 Å². The number of amides is 1. The molecule has 1 unspecified atom stereocenters. The van der Waals surface area contributed by atoms with Gasteiger partial charge in [0.05, 0.1) is 20.3 Å². The van der Waals surface area contributed by atoms with Crippen molar-refractivity contribution in [2.24, 2.45) is 0 Å². The molecular formula is C32H57GdN5O11. The summed E-state index contributed by atoms with van der Waals surface area (Å²) in [5.74, 6) is -0.655. The Morgan fingerprint density at radius 1 is 0.776 bits per heavy atom. The second kappa shape index (κ2) is 30.4. The maximum absolute atomic E-state index is 12.8. The smallest absolute Gasteiger partial charge is 0.328 e. The maximum Gasteiger partial charge on any atom is 0.328 e. The van der Waals surface area contributed by atoms with Gasteiger partial charge in [-0.3, -0.25) is 35.2 Å². The van der Waals surface area contributed by atoms with Gasteiger partial charge in [0.15, 0.2) is 0 Å². The number of rotatable bonds is 21. The van der Waals surface area contributed by atoms with Crippen LogP contribution in [0.3, 0.4) is 0 Å². The zero-order valence-corrected chi connectivity index (χ0v) is 30.9. The number of nitrogens with zero attached hydrogens (tertiary/aromatic N) is 4. The Balaban J connectivity index is 0.0000115. The normalized spacial score (nSPS) is 16.3. The number of hydrogen-bond donors (Lipinski definition) is 4. The van der Waals surface area contributed by atoms with Crippen LogP contribution in [0.2, 0.25) is 0 Å². The standard InChI is InChI=1S/C32H54N5O10.Gd.H2O/c1-44-32(40)30(33-31(39)28-8-4-2-5-9-28)11-7-3-6-10-29(38)12-13-34-14-16-35(22-25-45-41)18-20-37(24-27-47-43)21-19-36(17-15-34)23-26-46-42;;/h2,4-5,8-9,25,30,41-43H,3,6-7,10-24,26-27H2,1H3,(H,33,39);;1H2/q-1;;/p+1. The molecule has 1 aromatic rings. The first-order valence-corrected chi connectivity index (χ1v) is 16.4. The van der Waals surface area contributed by atoms with Gasteiger partial charge in [-0.2, -0.15) is 6.61 Å². The molecule has 0 spiro atoms. The fourth-order valence-electron chi connectivity index (χ4n) is 5.39. The van der Waals surface area contributed by atoms with Gasteiger partial charge in [0.25, 0.3) is 5.91 Å². The molecule has 0 aliphatic carbocycles. The van der Waals surface area contributed by atoms with E-state index in [2.05, 4.69) is 39.6 Å². The molecule has 1 aromatic carbocycles. The summed E-state index contributed by atoms with van der Waals surface area (Å²) in [5, 5.41) is 29.4. The molecule has 7 N–H and O–H groups in total. The van der Waals surface area contributed by atoms with Crippen LogP contribution >= 0.6 is 0 Å². The third kappa shape index (κ3) is 21.6. The van der Waals surface area contributed by atoms with Crippen molar-refractivity contribution in [1.29, 1.82) is 0 Å². The number of carbonyl (C=O) groups excluding carboxylic acids is 3. The van der Waals surface area contributed by atoms with Crippen LogP contribution in [0.1, 0.15) is 48.9 Å². The number of benzene rings is 1. The molecule has 284 valence electrons. The summed E-state index contributed by atoms with van der Waals surface area (Å²) in [4.78, 5) is 59.3. The minimum Gasteiger partial charge on any atom is -0.467 e. The first-order valence-electron chi connectivity index (χ1n) is 16.4. The van der Waals surface area contributed by atoms with Crippen molar-refractivity contribution in [2.45, 2.75) is 44.6 Å². The van der Waals surface area contributed by atoms with E-state index in [4.69, 9.17) is 20.5 Å². The van der Waals surface area contributed by atoms with Gasteiger partial charge in [-0.1, -0.05) is 31.0 Å². The predicted molar refractivity (Wildman–Crippen MR) is 178 cm³/mol. The van der Waals surface area contributed by atoms with Crippen molar-refractivity contribution < 1.29 is 95.0 Å². The number of ketones is 1. The van der Waals surface area contributed by atoms with Crippen molar-refractivity contribution in [3.8, 4) is 0 Å².